The van der Waals surface area contributed by atoms with Gasteiger partial charge < -0.3 is 20.1 Å². The second-order valence-electron chi connectivity index (χ2n) is 6.59. The van der Waals surface area contributed by atoms with E-state index in [1.54, 1.807) is 26.5 Å². The number of nitrogens with one attached hydrogen (secondary N) is 2. The summed E-state index contributed by atoms with van der Waals surface area (Å²) in [6.07, 6.45) is 2.87. The second-order valence-corrected chi connectivity index (χ2v) is 7.34. The van der Waals surface area contributed by atoms with Crippen molar-refractivity contribution in [3.05, 3.63) is 40.5 Å². The molecule has 0 radical (unpaired) electrons. The van der Waals surface area contributed by atoms with Gasteiger partial charge in [0.2, 0.25) is 5.95 Å². The van der Waals surface area contributed by atoms with Crippen LogP contribution in [0.1, 0.15) is 6.42 Å². The molecule has 2 aromatic carbocycles. The molecule has 0 bridgehead atoms. The van der Waals surface area contributed by atoms with Crippen molar-refractivity contribution in [2.45, 2.75) is 12.5 Å². The number of benzene rings is 2. The molecule has 0 aliphatic carbocycles. The highest BCUT2D eigenvalue weighted by molar-refractivity contribution is 6.41. The second kappa shape index (κ2) is 7.99. The maximum atomic E-state index is 6.54. The summed E-state index contributed by atoms with van der Waals surface area (Å²) >= 11 is 13.1. The fourth-order valence-corrected chi connectivity index (χ4v) is 4.08. The van der Waals surface area contributed by atoms with E-state index in [1.807, 2.05) is 18.2 Å². The lowest BCUT2D eigenvalue weighted by Crippen LogP contribution is -2.23. The van der Waals surface area contributed by atoms with Gasteiger partial charge in [0.1, 0.15) is 11.5 Å². The molecule has 6 nitrogen and oxygen atoms in total. The van der Waals surface area contributed by atoms with Crippen LogP contribution in [0, 0.1) is 0 Å². The third-order valence-corrected chi connectivity index (χ3v) is 5.59. The van der Waals surface area contributed by atoms with Crippen molar-refractivity contribution in [1.82, 2.24) is 15.3 Å². The Labute approximate surface area is 173 Å². The monoisotopic (exact) mass is 418 g/mol. The van der Waals surface area contributed by atoms with Gasteiger partial charge in [-0.15, -0.1) is 0 Å². The summed E-state index contributed by atoms with van der Waals surface area (Å²) in [6.45, 7) is 1.94. The van der Waals surface area contributed by atoms with Gasteiger partial charge in [0.15, 0.2) is 0 Å². The average Bonchev–Trinajstić information content (AvgIpc) is 3.21. The molecule has 1 aromatic heterocycles. The van der Waals surface area contributed by atoms with E-state index >= 15 is 0 Å². The van der Waals surface area contributed by atoms with Crippen LogP contribution in [0.15, 0.2) is 30.5 Å². The maximum absolute atomic E-state index is 6.54. The first kappa shape index (κ1) is 19.1. The quantitative estimate of drug-likeness (QED) is 0.639. The molecule has 1 aliphatic heterocycles. The van der Waals surface area contributed by atoms with E-state index in [0.717, 1.165) is 36.0 Å². The van der Waals surface area contributed by atoms with Crippen LogP contribution in [0.4, 0.5) is 5.95 Å². The van der Waals surface area contributed by atoms with Gasteiger partial charge in [0, 0.05) is 35.8 Å². The zero-order valence-corrected chi connectivity index (χ0v) is 17.1. The first-order valence-corrected chi connectivity index (χ1v) is 9.70. The first-order chi connectivity index (χ1) is 13.6. The van der Waals surface area contributed by atoms with Gasteiger partial charge in [-0.2, -0.15) is 0 Å². The number of nitrogens with zero attached hydrogens (tertiary/aromatic N) is 2. The first-order valence-electron chi connectivity index (χ1n) is 8.95. The molecule has 1 atom stereocenters. The van der Waals surface area contributed by atoms with Crippen LogP contribution < -0.4 is 20.1 Å². The van der Waals surface area contributed by atoms with E-state index in [2.05, 4.69) is 20.6 Å². The Hall–Kier alpha value is -2.28. The lowest BCUT2D eigenvalue weighted by molar-refractivity contribution is 0.395. The molecule has 28 heavy (non-hydrogen) atoms. The molecule has 2 N–H and O–H groups in total. The van der Waals surface area contributed by atoms with E-state index in [1.165, 1.54) is 0 Å². The van der Waals surface area contributed by atoms with E-state index in [0.29, 0.717) is 39.1 Å². The van der Waals surface area contributed by atoms with Crippen LogP contribution >= 0.6 is 23.2 Å². The Kier molecular flexibility index (Phi) is 5.44. The molecule has 1 fully saturated rings. The van der Waals surface area contributed by atoms with Gasteiger partial charge >= 0.3 is 0 Å². The molecule has 1 saturated heterocycles. The minimum Gasteiger partial charge on any atom is -0.495 e. The Balaban J connectivity index is 1.74. The molecule has 2 heterocycles. The van der Waals surface area contributed by atoms with Crippen LogP contribution in [0.2, 0.25) is 10.0 Å². The van der Waals surface area contributed by atoms with Gasteiger partial charge in [-0.25, -0.2) is 9.97 Å². The number of halogens is 2. The van der Waals surface area contributed by atoms with Crippen LogP contribution in [-0.4, -0.2) is 43.3 Å². The summed E-state index contributed by atoms with van der Waals surface area (Å²) in [4.78, 5) is 9.07. The van der Waals surface area contributed by atoms with E-state index < -0.39 is 0 Å². The number of methoxy groups -OCH3 is 2. The van der Waals surface area contributed by atoms with Crippen molar-refractivity contribution in [2.24, 2.45) is 0 Å². The zero-order valence-electron chi connectivity index (χ0n) is 15.6. The Bertz CT molecular complexity index is 994. The largest absolute Gasteiger partial charge is 0.495 e. The third kappa shape index (κ3) is 3.55. The molecule has 3 aromatic rings. The van der Waals surface area contributed by atoms with Gasteiger partial charge in [0.25, 0.3) is 0 Å². The van der Waals surface area contributed by atoms with Crippen LogP contribution in [0.25, 0.3) is 22.0 Å². The third-order valence-electron chi connectivity index (χ3n) is 4.84. The average molecular weight is 419 g/mol. The Morgan fingerprint density at radius 3 is 2.50 bits per heavy atom. The Morgan fingerprint density at radius 1 is 1.11 bits per heavy atom. The number of fused-ring (bicyclic) bond motifs is 1. The van der Waals surface area contributed by atoms with E-state index in [4.69, 9.17) is 32.7 Å². The fourth-order valence-electron chi connectivity index (χ4n) is 3.36. The van der Waals surface area contributed by atoms with E-state index in [9.17, 15) is 0 Å². The number of rotatable bonds is 5. The molecule has 8 heteroatoms. The number of ether oxygens (including phenoxy) is 2. The van der Waals surface area contributed by atoms with Crippen molar-refractivity contribution in [1.29, 1.82) is 0 Å². The lowest BCUT2D eigenvalue weighted by Gasteiger charge is -2.15. The molecule has 0 spiro atoms. The maximum Gasteiger partial charge on any atom is 0.223 e. The van der Waals surface area contributed by atoms with Crippen molar-refractivity contribution in [3.63, 3.8) is 0 Å². The highest BCUT2D eigenvalue weighted by atomic mass is 35.5. The molecule has 0 amide bonds. The van der Waals surface area contributed by atoms with Gasteiger partial charge in [-0.05, 0) is 30.7 Å². The SMILES string of the molecule is COc1cc(OC)c(Cl)c(-c2ccc3nc(N[C@H]4CCNC4)ncc3c2)c1Cl. The molecular formula is C20H20Cl2N4O2. The molecule has 0 unspecified atom stereocenters. The van der Waals surface area contributed by atoms with Gasteiger partial charge in [-0.3, -0.25) is 0 Å². The highest BCUT2D eigenvalue weighted by Crippen LogP contribution is 2.46. The lowest BCUT2D eigenvalue weighted by atomic mass is 10.0. The number of aromatic nitrogens is 2. The van der Waals surface area contributed by atoms with Crippen molar-refractivity contribution in [3.8, 4) is 22.6 Å². The minimum atomic E-state index is 0.360. The number of anilines is 1. The smallest absolute Gasteiger partial charge is 0.223 e. The summed E-state index contributed by atoms with van der Waals surface area (Å²) in [6, 6.07) is 7.86. The fraction of sp³-hybridized carbons (Fsp3) is 0.300. The summed E-state index contributed by atoms with van der Waals surface area (Å²) < 4.78 is 10.7. The van der Waals surface area contributed by atoms with Crippen molar-refractivity contribution < 1.29 is 9.47 Å². The molecular weight excluding hydrogens is 399 g/mol. The van der Waals surface area contributed by atoms with Gasteiger partial charge in [-0.1, -0.05) is 29.3 Å². The summed E-state index contributed by atoms with van der Waals surface area (Å²) in [7, 11) is 3.11. The Morgan fingerprint density at radius 2 is 1.86 bits per heavy atom. The van der Waals surface area contributed by atoms with Crippen LogP contribution in [0.5, 0.6) is 11.5 Å². The summed E-state index contributed by atoms with van der Waals surface area (Å²) in [5, 5.41) is 8.44. The van der Waals surface area contributed by atoms with Crippen molar-refractivity contribution >= 4 is 40.1 Å². The minimum absolute atomic E-state index is 0.360. The predicted octanol–water partition coefficient (Wildman–Crippen LogP) is 4.39. The summed E-state index contributed by atoms with van der Waals surface area (Å²) in [5.41, 5.74) is 2.33. The zero-order chi connectivity index (χ0) is 19.7. The highest BCUT2D eigenvalue weighted by Gasteiger charge is 2.19. The molecule has 1 aliphatic rings. The standard InChI is InChI=1S/C20H20Cl2N4O2/c1-27-15-8-16(28-2)19(22)17(18(15)21)11-3-4-14-12(7-11)9-24-20(26-14)25-13-5-6-23-10-13/h3-4,7-9,13,23H,5-6,10H2,1-2H3,(H,24,25,26)/t13-/m0/s1. The molecule has 4 rings (SSSR count). The normalized spacial score (nSPS) is 16.4. The van der Waals surface area contributed by atoms with Crippen LogP contribution in [0.3, 0.4) is 0 Å². The molecule has 146 valence electrons. The van der Waals surface area contributed by atoms with Crippen molar-refractivity contribution in [2.75, 3.05) is 32.6 Å². The number of hydrogen-bond donors (Lipinski definition) is 2. The van der Waals surface area contributed by atoms with E-state index in [-0.39, 0.29) is 0 Å². The van der Waals surface area contributed by atoms with Gasteiger partial charge in [0.05, 0.1) is 29.8 Å². The summed E-state index contributed by atoms with van der Waals surface area (Å²) in [5.74, 6) is 1.63. The number of hydrogen-bond acceptors (Lipinski definition) is 6. The topological polar surface area (TPSA) is 68.3 Å². The van der Waals surface area contributed by atoms with Crippen LogP contribution in [-0.2, 0) is 0 Å². The predicted molar refractivity (Wildman–Crippen MR) is 113 cm³/mol. The molecule has 0 saturated carbocycles.